The average Bonchev–Trinajstić information content (AvgIpc) is 3.31. The number of carbonyl (C=O) groups is 2. The van der Waals surface area contributed by atoms with Crippen LogP contribution in [-0.4, -0.2) is 99.1 Å². The largest absolute Gasteiger partial charge is 0.407 e. The van der Waals surface area contributed by atoms with Crippen molar-refractivity contribution in [3.8, 4) is 0 Å². The summed E-state index contributed by atoms with van der Waals surface area (Å²) in [7, 11) is -1.07. The summed E-state index contributed by atoms with van der Waals surface area (Å²) in [5.41, 5.74) is -2.00. The molecule has 0 spiro atoms. The molecule has 15 heteroatoms. The van der Waals surface area contributed by atoms with E-state index in [9.17, 15) is 28.8 Å². The number of aromatic nitrogens is 2. The van der Waals surface area contributed by atoms with E-state index < -0.39 is 45.1 Å². The smallest absolute Gasteiger partial charge is 0.387 e. The first-order chi connectivity index (χ1) is 15.5. The summed E-state index contributed by atoms with van der Waals surface area (Å²) >= 11 is 0.981. The second-order valence-corrected chi connectivity index (χ2v) is 11.2. The van der Waals surface area contributed by atoms with E-state index >= 15 is 0 Å². The van der Waals surface area contributed by atoms with Gasteiger partial charge in [0.05, 0.1) is 19.5 Å². The molecule has 1 aromatic heterocycles. The van der Waals surface area contributed by atoms with Crippen LogP contribution in [0.25, 0.3) is 0 Å². The van der Waals surface area contributed by atoms with Gasteiger partial charge in [-0.2, -0.15) is 0 Å². The molecule has 2 N–H and O–H groups in total. The summed E-state index contributed by atoms with van der Waals surface area (Å²) in [6, 6.07) is 0. The number of thioether (sulfide) groups is 1. The van der Waals surface area contributed by atoms with E-state index in [1.54, 1.807) is 0 Å². The van der Waals surface area contributed by atoms with Gasteiger partial charge in [-0.15, -0.1) is 0 Å². The third-order valence-corrected chi connectivity index (χ3v) is 7.86. The van der Waals surface area contributed by atoms with Gasteiger partial charge >= 0.3 is 7.75 Å². The van der Waals surface area contributed by atoms with Crippen LogP contribution in [0.3, 0.4) is 0 Å². The molecular weight excluding hydrogens is 482 g/mol. The maximum Gasteiger partial charge on any atom is 0.407 e. The number of fused-ring (bicyclic) bond motifs is 1. The summed E-state index contributed by atoms with van der Waals surface area (Å²) in [5.74, 6) is 0.0672. The summed E-state index contributed by atoms with van der Waals surface area (Å²) in [6.07, 6.45) is -2.05. The number of nitrogens with zero attached hydrogens (tertiary/aromatic N) is 4. The third-order valence-electron chi connectivity index (χ3n) is 5.14. The van der Waals surface area contributed by atoms with Gasteiger partial charge in [0.2, 0.25) is 0 Å². The number of halogens is 1. The minimum Gasteiger partial charge on any atom is -0.387 e. The van der Waals surface area contributed by atoms with Gasteiger partial charge in [-0.05, 0) is 14.1 Å². The van der Waals surface area contributed by atoms with Gasteiger partial charge in [0.25, 0.3) is 0 Å². The Morgan fingerprint density at radius 3 is 2.82 bits per heavy atom. The summed E-state index contributed by atoms with van der Waals surface area (Å²) in [4.78, 5) is 31.1. The van der Waals surface area contributed by atoms with Crippen LogP contribution in [0.4, 0.5) is 10.2 Å². The van der Waals surface area contributed by atoms with Crippen LogP contribution in [0.5, 0.6) is 0 Å². The van der Waals surface area contributed by atoms with E-state index in [-0.39, 0.29) is 41.2 Å². The van der Waals surface area contributed by atoms with E-state index in [1.165, 1.54) is 42.8 Å². The molecule has 0 radical (unpaired) electrons. The van der Waals surface area contributed by atoms with Crippen LogP contribution in [0, 0.1) is 0 Å². The molecule has 5 atom stereocenters. The number of aliphatic hydroxyl groups excluding tert-OH is 2. The minimum absolute atomic E-state index is 0.0747. The molecule has 0 saturated carbocycles. The number of aliphatic imine (C=N–C) groups is 1. The molecule has 2 aliphatic heterocycles. The van der Waals surface area contributed by atoms with Gasteiger partial charge in [-0.1, -0.05) is 11.8 Å². The summed E-state index contributed by atoms with van der Waals surface area (Å²) in [6.45, 7) is -0.692. The minimum atomic E-state index is -3.93. The number of ether oxygens (including phenoxy) is 1. The lowest BCUT2D eigenvalue weighted by atomic mass is 9.98. The highest BCUT2D eigenvalue weighted by Crippen LogP contribution is 2.52. The molecule has 33 heavy (non-hydrogen) atoms. The van der Waals surface area contributed by atoms with E-state index in [4.69, 9.17) is 13.8 Å². The Hall–Kier alpha value is -1.51. The molecule has 12 nitrogen and oxygen atoms in total. The number of hydrogen-bond acceptors (Lipinski definition) is 11. The number of carbonyl (C=O) groups excluding carboxylic acids is 2. The molecule has 3 heterocycles. The monoisotopic (exact) mass is 508 g/mol. The molecular formula is C18H26FN4O8PS. The lowest BCUT2D eigenvalue weighted by Crippen LogP contribution is -2.49. The van der Waals surface area contributed by atoms with Crippen molar-refractivity contribution in [2.75, 3.05) is 39.7 Å². The van der Waals surface area contributed by atoms with Gasteiger partial charge in [-0.3, -0.25) is 23.2 Å². The molecule has 2 unspecified atom stereocenters. The Morgan fingerprint density at radius 1 is 1.45 bits per heavy atom. The molecule has 0 bridgehead atoms. The van der Waals surface area contributed by atoms with Crippen molar-refractivity contribution in [2.45, 2.75) is 37.4 Å². The first kappa shape index (κ1) is 26.1. The van der Waals surface area contributed by atoms with Crippen molar-refractivity contribution < 1.29 is 42.5 Å². The summed E-state index contributed by atoms with van der Waals surface area (Å²) < 4.78 is 46.1. The van der Waals surface area contributed by atoms with Crippen LogP contribution in [-0.2, 0) is 23.1 Å². The predicted molar refractivity (Wildman–Crippen MR) is 117 cm³/mol. The fourth-order valence-electron chi connectivity index (χ4n) is 3.31. The Balaban J connectivity index is 1.76. The number of aliphatic hydroxyl groups is 2. The van der Waals surface area contributed by atoms with Gasteiger partial charge in [0.1, 0.15) is 18.9 Å². The molecule has 1 saturated heterocycles. The highest BCUT2D eigenvalue weighted by atomic mass is 32.2. The highest BCUT2D eigenvalue weighted by Gasteiger charge is 2.57. The van der Waals surface area contributed by atoms with Crippen molar-refractivity contribution in [2.24, 2.45) is 4.99 Å². The van der Waals surface area contributed by atoms with Crippen LogP contribution in [0.1, 0.15) is 30.1 Å². The second kappa shape index (κ2) is 10.4. The van der Waals surface area contributed by atoms with Gasteiger partial charge in [0.15, 0.2) is 34.2 Å². The number of hydrogen-bond donors (Lipinski definition) is 2. The lowest BCUT2D eigenvalue weighted by Gasteiger charge is -2.32. The number of imidazole rings is 1. The van der Waals surface area contributed by atoms with Crippen molar-refractivity contribution in [1.29, 1.82) is 0 Å². The molecule has 184 valence electrons. The zero-order valence-electron chi connectivity index (χ0n) is 18.3. The standard InChI is InChI=1S/C18H26FN4O8PS/c1-11(24)33-7-6-29-32(28,22(2)3)30-9-18(8-19)15(27)14(26)17(31-18)23-10-21-13-12(25)4-5-20-16(13)23/h5,10,14-15,17,26-27H,4,6-9H2,1-3H3/t14-,15?,17+,18+,32?/m0/s1. The molecule has 0 amide bonds. The first-order valence-corrected chi connectivity index (χ1v) is 12.5. The van der Waals surface area contributed by atoms with Gasteiger partial charge < -0.3 is 14.9 Å². The maximum absolute atomic E-state index is 14.2. The van der Waals surface area contributed by atoms with E-state index in [2.05, 4.69) is 9.98 Å². The Morgan fingerprint density at radius 2 is 2.18 bits per heavy atom. The normalized spacial score (nSPS) is 28.8. The van der Waals surface area contributed by atoms with E-state index in [0.29, 0.717) is 0 Å². The highest BCUT2D eigenvalue weighted by molar-refractivity contribution is 8.13. The summed E-state index contributed by atoms with van der Waals surface area (Å²) in [5, 5.41) is 21.1. The number of Topliss-reactive ketones (excluding diaryl/α,β-unsaturated/α-hetero) is 1. The first-order valence-electron chi connectivity index (χ1n) is 9.97. The van der Waals surface area contributed by atoms with Crippen molar-refractivity contribution in [3.63, 3.8) is 0 Å². The van der Waals surface area contributed by atoms with E-state index in [0.717, 1.165) is 11.8 Å². The molecule has 1 fully saturated rings. The molecule has 3 rings (SSSR count). The van der Waals surface area contributed by atoms with Gasteiger partial charge in [0, 0.05) is 25.3 Å². The number of rotatable bonds is 10. The van der Waals surface area contributed by atoms with Crippen molar-refractivity contribution in [1.82, 2.24) is 14.2 Å². The molecule has 0 aromatic carbocycles. The van der Waals surface area contributed by atoms with Crippen LogP contribution < -0.4 is 0 Å². The topological polar surface area (TPSA) is 153 Å². The third kappa shape index (κ3) is 5.28. The number of ketones is 1. The number of alkyl halides is 1. The fraction of sp³-hybridized carbons (Fsp3) is 0.667. The lowest BCUT2D eigenvalue weighted by molar-refractivity contribution is -0.134. The Bertz CT molecular complexity index is 975. The molecule has 1 aromatic rings. The Labute approximate surface area is 193 Å². The Kier molecular flexibility index (Phi) is 8.23. The molecule has 2 aliphatic rings. The maximum atomic E-state index is 14.2. The SMILES string of the molecule is CC(=O)SCCOP(=O)(OC[C@@]1(CF)O[C@@H](n2cnc3c2N=CCC3=O)[C@@H](O)C1O)N(C)C. The van der Waals surface area contributed by atoms with Crippen molar-refractivity contribution >= 4 is 42.4 Å². The van der Waals surface area contributed by atoms with Crippen LogP contribution in [0.15, 0.2) is 11.3 Å². The van der Waals surface area contributed by atoms with E-state index in [1.807, 2.05) is 0 Å². The van der Waals surface area contributed by atoms with Crippen molar-refractivity contribution in [3.05, 3.63) is 12.0 Å². The van der Waals surface area contributed by atoms with Crippen LogP contribution >= 0.6 is 19.5 Å². The molecule has 0 aliphatic carbocycles. The quantitative estimate of drug-likeness (QED) is 0.345. The second-order valence-electron chi connectivity index (χ2n) is 7.67. The van der Waals surface area contributed by atoms with Crippen LogP contribution in [0.2, 0.25) is 0 Å². The predicted octanol–water partition coefficient (Wildman–Crippen LogP) is 1.11. The van der Waals surface area contributed by atoms with Gasteiger partial charge in [-0.25, -0.2) is 23.6 Å². The average molecular weight is 508 g/mol. The fourth-order valence-corrected chi connectivity index (χ4v) is 5.13. The zero-order chi connectivity index (χ0) is 24.4. The zero-order valence-corrected chi connectivity index (χ0v) is 20.0.